The van der Waals surface area contributed by atoms with Crippen LogP contribution in [-0.2, 0) is 10.0 Å². The third-order valence-electron chi connectivity index (χ3n) is 3.61. The number of amidine groups is 1. The summed E-state index contributed by atoms with van der Waals surface area (Å²) in [5.41, 5.74) is 6.25. The molecule has 116 valence electrons. The predicted octanol–water partition coefficient (Wildman–Crippen LogP) is 2.62. The summed E-state index contributed by atoms with van der Waals surface area (Å²) in [4.78, 5) is 0. The van der Waals surface area contributed by atoms with E-state index in [9.17, 15) is 8.42 Å². The van der Waals surface area contributed by atoms with E-state index in [4.69, 9.17) is 10.9 Å². The van der Waals surface area contributed by atoms with Crippen LogP contribution in [-0.4, -0.2) is 24.7 Å². The molecule has 0 spiro atoms. The van der Waals surface area contributed by atoms with Gasteiger partial charge in [0.05, 0.1) is 10.9 Å². The van der Waals surface area contributed by atoms with Crippen molar-refractivity contribution in [1.82, 2.24) is 0 Å². The van der Waals surface area contributed by atoms with E-state index in [2.05, 4.69) is 25.8 Å². The van der Waals surface area contributed by atoms with Gasteiger partial charge in [0.15, 0.2) is 5.84 Å². The van der Waals surface area contributed by atoms with Crippen molar-refractivity contribution in [2.24, 2.45) is 10.9 Å². The molecular formula is C13H18BrN3O3S. The minimum Gasteiger partial charge on any atom is -0.409 e. The van der Waals surface area contributed by atoms with Crippen molar-refractivity contribution in [1.29, 1.82) is 0 Å². The lowest BCUT2D eigenvalue weighted by molar-refractivity contribution is 0.318. The molecule has 1 aromatic carbocycles. The van der Waals surface area contributed by atoms with Crippen LogP contribution in [0.5, 0.6) is 0 Å². The number of sulfonamides is 1. The van der Waals surface area contributed by atoms with Crippen molar-refractivity contribution >= 4 is 37.5 Å². The van der Waals surface area contributed by atoms with Crippen LogP contribution in [0.1, 0.15) is 37.7 Å². The average molecular weight is 376 g/mol. The summed E-state index contributed by atoms with van der Waals surface area (Å²) in [6, 6.07) is 4.90. The van der Waals surface area contributed by atoms with Crippen molar-refractivity contribution in [3.05, 3.63) is 28.2 Å². The Balaban J connectivity index is 2.31. The van der Waals surface area contributed by atoms with Gasteiger partial charge in [0.2, 0.25) is 10.0 Å². The van der Waals surface area contributed by atoms with Crippen molar-refractivity contribution < 1.29 is 13.6 Å². The Hall–Kier alpha value is -1.28. The number of anilines is 1. The quantitative estimate of drug-likeness (QED) is 0.325. The lowest BCUT2D eigenvalue weighted by Crippen LogP contribution is -2.30. The molecule has 4 N–H and O–H groups in total. The first-order valence-electron chi connectivity index (χ1n) is 6.73. The van der Waals surface area contributed by atoms with Crippen LogP contribution in [0.4, 0.5) is 5.69 Å². The summed E-state index contributed by atoms with van der Waals surface area (Å²) in [7, 11) is -3.48. The third kappa shape index (κ3) is 3.88. The SMILES string of the molecule is N/C(=N/O)c1ccc(Br)cc1NS(=O)(=O)C1CCCCC1. The van der Waals surface area contributed by atoms with E-state index in [1.165, 1.54) is 0 Å². The number of oxime groups is 1. The van der Waals surface area contributed by atoms with Gasteiger partial charge in [-0.3, -0.25) is 4.72 Å². The predicted molar refractivity (Wildman–Crippen MR) is 86.1 cm³/mol. The Kier molecular flexibility index (Phi) is 5.10. The molecule has 0 atom stereocenters. The minimum absolute atomic E-state index is 0.135. The van der Waals surface area contributed by atoms with Crippen molar-refractivity contribution in [2.75, 3.05) is 4.72 Å². The number of nitrogens with two attached hydrogens (primary N) is 1. The maximum atomic E-state index is 12.5. The van der Waals surface area contributed by atoms with Gasteiger partial charge in [0.1, 0.15) is 0 Å². The molecule has 0 aliphatic heterocycles. The lowest BCUT2D eigenvalue weighted by Gasteiger charge is -2.23. The molecule has 21 heavy (non-hydrogen) atoms. The minimum atomic E-state index is -3.48. The van der Waals surface area contributed by atoms with Gasteiger partial charge in [-0.25, -0.2) is 8.42 Å². The highest BCUT2D eigenvalue weighted by Crippen LogP contribution is 2.28. The molecule has 0 unspecified atom stereocenters. The highest BCUT2D eigenvalue weighted by Gasteiger charge is 2.28. The van der Waals surface area contributed by atoms with Crippen LogP contribution in [0.2, 0.25) is 0 Å². The molecule has 0 radical (unpaired) electrons. The first kappa shape index (κ1) is 16.1. The van der Waals surface area contributed by atoms with E-state index in [1.54, 1.807) is 18.2 Å². The first-order valence-corrected chi connectivity index (χ1v) is 9.07. The summed E-state index contributed by atoms with van der Waals surface area (Å²) in [6.45, 7) is 0. The van der Waals surface area contributed by atoms with Crippen LogP contribution in [0.3, 0.4) is 0 Å². The summed E-state index contributed by atoms with van der Waals surface area (Å²) in [5.74, 6) is -0.135. The number of hydrogen-bond acceptors (Lipinski definition) is 4. The molecule has 8 heteroatoms. The van der Waals surface area contributed by atoms with E-state index < -0.39 is 10.0 Å². The average Bonchev–Trinajstić information content (AvgIpc) is 2.47. The summed E-state index contributed by atoms with van der Waals surface area (Å²) in [5, 5.41) is 11.4. The lowest BCUT2D eigenvalue weighted by atomic mass is 10.0. The molecule has 0 heterocycles. The maximum Gasteiger partial charge on any atom is 0.235 e. The Bertz CT molecular complexity index is 640. The number of rotatable bonds is 4. The van der Waals surface area contributed by atoms with E-state index in [0.717, 1.165) is 19.3 Å². The van der Waals surface area contributed by atoms with Gasteiger partial charge >= 0.3 is 0 Å². The van der Waals surface area contributed by atoms with E-state index in [1.807, 2.05) is 0 Å². The maximum absolute atomic E-state index is 12.5. The Morgan fingerprint density at radius 2 is 2.00 bits per heavy atom. The molecule has 2 rings (SSSR count). The normalized spacial score (nSPS) is 17.7. The van der Waals surface area contributed by atoms with Gasteiger partial charge in [-0.2, -0.15) is 0 Å². The molecule has 1 aliphatic carbocycles. The van der Waals surface area contributed by atoms with Crippen LogP contribution < -0.4 is 10.5 Å². The standard InChI is InChI=1S/C13H18BrN3O3S/c14-9-6-7-11(13(15)16-18)12(8-9)17-21(19,20)10-4-2-1-3-5-10/h6-8,10,17-18H,1-5H2,(H2,15,16). The summed E-state index contributed by atoms with van der Waals surface area (Å²) < 4.78 is 28.2. The summed E-state index contributed by atoms with van der Waals surface area (Å²) >= 11 is 3.29. The second kappa shape index (κ2) is 6.65. The highest BCUT2D eigenvalue weighted by atomic mass is 79.9. The molecule has 0 bridgehead atoms. The van der Waals surface area contributed by atoms with Gasteiger partial charge in [-0.15, -0.1) is 0 Å². The van der Waals surface area contributed by atoms with Crippen LogP contribution in [0.25, 0.3) is 0 Å². The molecule has 1 aromatic rings. The first-order chi connectivity index (χ1) is 9.94. The van der Waals surface area contributed by atoms with Crippen LogP contribution in [0, 0.1) is 0 Å². The fourth-order valence-corrected chi connectivity index (χ4v) is 4.45. The topological polar surface area (TPSA) is 105 Å². The van der Waals surface area contributed by atoms with Crippen molar-refractivity contribution in [3.63, 3.8) is 0 Å². The van der Waals surface area contributed by atoms with Crippen LogP contribution in [0.15, 0.2) is 27.8 Å². The van der Waals surface area contributed by atoms with E-state index in [0.29, 0.717) is 28.6 Å². The molecule has 6 nitrogen and oxygen atoms in total. The van der Waals surface area contributed by atoms with E-state index in [-0.39, 0.29) is 11.1 Å². The zero-order valence-electron chi connectivity index (χ0n) is 11.4. The Labute approximate surface area is 132 Å². The fraction of sp³-hybridized carbons (Fsp3) is 0.462. The van der Waals surface area contributed by atoms with Gasteiger partial charge < -0.3 is 10.9 Å². The third-order valence-corrected chi connectivity index (χ3v) is 5.96. The molecule has 0 amide bonds. The van der Waals surface area contributed by atoms with E-state index >= 15 is 0 Å². The molecule has 1 fully saturated rings. The summed E-state index contributed by atoms with van der Waals surface area (Å²) in [6.07, 6.45) is 4.27. The fourth-order valence-electron chi connectivity index (χ4n) is 2.49. The monoisotopic (exact) mass is 375 g/mol. The van der Waals surface area contributed by atoms with Crippen molar-refractivity contribution in [3.8, 4) is 0 Å². The van der Waals surface area contributed by atoms with Crippen LogP contribution >= 0.6 is 15.9 Å². The number of nitrogens with zero attached hydrogens (tertiary/aromatic N) is 1. The number of nitrogens with one attached hydrogen (secondary N) is 1. The number of halogens is 1. The molecule has 1 aliphatic rings. The second-order valence-corrected chi connectivity index (χ2v) is 7.96. The molecule has 0 saturated heterocycles. The number of benzene rings is 1. The van der Waals surface area contributed by atoms with Gasteiger partial charge in [-0.05, 0) is 31.0 Å². The smallest absolute Gasteiger partial charge is 0.235 e. The van der Waals surface area contributed by atoms with Gasteiger partial charge in [0.25, 0.3) is 0 Å². The van der Waals surface area contributed by atoms with Crippen molar-refractivity contribution in [2.45, 2.75) is 37.4 Å². The molecule has 1 saturated carbocycles. The number of hydrogen-bond donors (Lipinski definition) is 3. The Morgan fingerprint density at radius 3 is 2.62 bits per heavy atom. The Morgan fingerprint density at radius 1 is 1.33 bits per heavy atom. The molecule has 0 aromatic heterocycles. The zero-order chi connectivity index (χ0) is 15.5. The largest absolute Gasteiger partial charge is 0.409 e. The molecular weight excluding hydrogens is 358 g/mol. The van der Waals surface area contributed by atoms with Gasteiger partial charge in [0, 0.05) is 10.0 Å². The van der Waals surface area contributed by atoms with Gasteiger partial charge in [-0.1, -0.05) is 40.3 Å². The zero-order valence-corrected chi connectivity index (χ0v) is 13.8. The second-order valence-electron chi connectivity index (χ2n) is 5.08. The highest BCUT2D eigenvalue weighted by molar-refractivity contribution is 9.10.